The van der Waals surface area contributed by atoms with Crippen molar-refractivity contribution in [3.8, 4) is 0 Å². The maximum Gasteiger partial charge on any atom is 0.214 e. The molecule has 2 fully saturated rings. The molecule has 0 unspecified atom stereocenters. The van der Waals surface area contributed by atoms with Crippen LogP contribution in [-0.4, -0.2) is 4.98 Å². The molecule has 0 radical (unpaired) electrons. The van der Waals surface area contributed by atoms with Crippen LogP contribution >= 0.6 is 0 Å². The molecule has 0 amide bonds. The zero-order valence-corrected chi connectivity index (χ0v) is 9.04. The van der Waals surface area contributed by atoms with Gasteiger partial charge in [-0.1, -0.05) is 12.8 Å². The molecule has 82 valence electrons. The lowest BCUT2D eigenvalue weighted by Crippen LogP contribution is -2.43. The lowest BCUT2D eigenvalue weighted by molar-refractivity contribution is 0.198. The highest BCUT2D eigenvalue weighted by Crippen LogP contribution is 2.40. The van der Waals surface area contributed by atoms with Crippen LogP contribution in [0.1, 0.15) is 62.4 Å². The zero-order chi connectivity index (χ0) is 10.3. The SMILES string of the molecule is NC1(c2nc(C3CCCC3)co2)CCC1. The first-order valence-electron chi connectivity index (χ1n) is 6.03. The van der Waals surface area contributed by atoms with E-state index >= 15 is 0 Å². The average molecular weight is 206 g/mol. The smallest absolute Gasteiger partial charge is 0.214 e. The maximum atomic E-state index is 6.18. The van der Waals surface area contributed by atoms with Crippen LogP contribution in [0, 0.1) is 0 Å². The van der Waals surface area contributed by atoms with Gasteiger partial charge in [0.2, 0.25) is 5.89 Å². The van der Waals surface area contributed by atoms with Crippen molar-refractivity contribution < 1.29 is 4.42 Å². The highest BCUT2D eigenvalue weighted by molar-refractivity contribution is 5.13. The van der Waals surface area contributed by atoms with Gasteiger partial charge in [-0.15, -0.1) is 0 Å². The van der Waals surface area contributed by atoms with E-state index in [1.54, 1.807) is 0 Å². The summed E-state index contributed by atoms with van der Waals surface area (Å²) in [5, 5.41) is 0. The van der Waals surface area contributed by atoms with Crippen molar-refractivity contribution in [2.45, 2.75) is 56.4 Å². The number of oxazole rings is 1. The van der Waals surface area contributed by atoms with E-state index in [1.807, 2.05) is 6.26 Å². The number of nitrogens with two attached hydrogens (primary N) is 1. The molecule has 15 heavy (non-hydrogen) atoms. The lowest BCUT2D eigenvalue weighted by Gasteiger charge is -2.34. The van der Waals surface area contributed by atoms with Crippen LogP contribution in [0.3, 0.4) is 0 Å². The predicted octanol–water partition coefficient (Wildman–Crippen LogP) is 2.67. The fourth-order valence-corrected chi connectivity index (χ4v) is 2.70. The first-order valence-corrected chi connectivity index (χ1v) is 6.03. The number of hydrogen-bond donors (Lipinski definition) is 1. The Balaban J connectivity index is 1.80. The molecule has 0 saturated heterocycles. The Bertz CT molecular complexity index is 348. The van der Waals surface area contributed by atoms with Crippen molar-refractivity contribution in [2.75, 3.05) is 0 Å². The number of rotatable bonds is 2. The van der Waals surface area contributed by atoms with Gasteiger partial charge in [-0.2, -0.15) is 0 Å². The van der Waals surface area contributed by atoms with Crippen molar-refractivity contribution in [1.82, 2.24) is 4.98 Å². The van der Waals surface area contributed by atoms with Gasteiger partial charge >= 0.3 is 0 Å². The van der Waals surface area contributed by atoms with E-state index in [0.29, 0.717) is 5.92 Å². The average Bonchev–Trinajstić information content (AvgIpc) is 2.84. The summed E-state index contributed by atoms with van der Waals surface area (Å²) in [6.07, 6.45) is 10.3. The second-order valence-corrected chi connectivity index (χ2v) is 5.07. The van der Waals surface area contributed by atoms with Crippen molar-refractivity contribution in [3.05, 3.63) is 17.8 Å². The van der Waals surface area contributed by atoms with Crippen LogP contribution in [0.2, 0.25) is 0 Å². The molecule has 0 atom stereocenters. The molecule has 3 rings (SSSR count). The van der Waals surface area contributed by atoms with Crippen LogP contribution in [0.25, 0.3) is 0 Å². The molecule has 1 heterocycles. The van der Waals surface area contributed by atoms with E-state index in [2.05, 4.69) is 4.98 Å². The van der Waals surface area contributed by atoms with Gasteiger partial charge in [0.1, 0.15) is 6.26 Å². The monoisotopic (exact) mass is 206 g/mol. The highest BCUT2D eigenvalue weighted by Gasteiger charge is 2.39. The summed E-state index contributed by atoms with van der Waals surface area (Å²) < 4.78 is 5.55. The lowest BCUT2D eigenvalue weighted by atomic mass is 9.78. The highest BCUT2D eigenvalue weighted by atomic mass is 16.3. The molecule has 3 heteroatoms. The number of nitrogens with zero attached hydrogens (tertiary/aromatic N) is 1. The Morgan fingerprint density at radius 3 is 2.60 bits per heavy atom. The van der Waals surface area contributed by atoms with E-state index in [0.717, 1.165) is 24.4 Å². The molecule has 0 aromatic carbocycles. The topological polar surface area (TPSA) is 52.0 Å². The molecule has 2 aliphatic carbocycles. The number of hydrogen-bond acceptors (Lipinski definition) is 3. The van der Waals surface area contributed by atoms with Gasteiger partial charge in [0, 0.05) is 5.92 Å². The normalized spacial score (nSPS) is 25.4. The molecular formula is C12H18N2O. The first-order chi connectivity index (χ1) is 7.28. The van der Waals surface area contributed by atoms with Gasteiger partial charge in [0.25, 0.3) is 0 Å². The Morgan fingerprint density at radius 1 is 1.27 bits per heavy atom. The van der Waals surface area contributed by atoms with Crippen LogP contribution in [0.5, 0.6) is 0 Å². The fraction of sp³-hybridized carbons (Fsp3) is 0.750. The minimum atomic E-state index is -0.239. The molecule has 1 aromatic rings. The summed E-state index contributed by atoms with van der Waals surface area (Å²) in [4.78, 5) is 4.59. The maximum absolute atomic E-state index is 6.18. The van der Waals surface area contributed by atoms with Crippen LogP contribution < -0.4 is 5.73 Å². The minimum Gasteiger partial charge on any atom is -0.447 e. The van der Waals surface area contributed by atoms with Gasteiger partial charge in [-0.3, -0.25) is 0 Å². The van der Waals surface area contributed by atoms with E-state index in [-0.39, 0.29) is 5.54 Å². The standard InChI is InChI=1S/C12H18N2O/c13-12(6-3-7-12)11-14-10(8-15-11)9-4-1-2-5-9/h8-9H,1-7,13H2. The van der Waals surface area contributed by atoms with E-state index in [1.165, 1.54) is 32.1 Å². The third-order valence-electron chi connectivity index (χ3n) is 3.97. The quantitative estimate of drug-likeness (QED) is 0.809. The summed E-state index contributed by atoms with van der Waals surface area (Å²) in [5.41, 5.74) is 7.08. The molecule has 1 aromatic heterocycles. The molecule has 2 saturated carbocycles. The van der Waals surface area contributed by atoms with E-state index in [4.69, 9.17) is 10.2 Å². The van der Waals surface area contributed by atoms with Gasteiger partial charge < -0.3 is 10.2 Å². The van der Waals surface area contributed by atoms with Crippen molar-refractivity contribution in [2.24, 2.45) is 5.73 Å². The summed E-state index contributed by atoms with van der Waals surface area (Å²) in [6, 6.07) is 0. The summed E-state index contributed by atoms with van der Waals surface area (Å²) >= 11 is 0. The van der Waals surface area contributed by atoms with Crippen LogP contribution in [0.15, 0.2) is 10.7 Å². The Hall–Kier alpha value is -0.830. The van der Waals surface area contributed by atoms with Crippen molar-refractivity contribution >= 4 is 0 Å². The number of aromatic nitrogens is 1. The minimum absolute atomic E-state index is 0.239. The van der Waals surface area contributed by atoms with Gasteiger partial charge in [0.05, 0.1) is 11.2 Å². The Morgan fingerprint density at radius 2 is 2.00 bits per heavy atom. The molecule has 0 bridgehead atoms. The summed E-state index contributed by atoms with van der Waals surface area (Å²) in [5.74, 6) is 1.40. The van der Waals surface area contributed by atoms with Gasteiger partial charge in [-0.05, 0) is 32.1 Å². The molecule has 0 spiro atoms. The zero-order valence-electron chi connectivity index (χ0n) is 9.04. The Kier molecular flexibility index (Phi) is 2.09. The van der Waals surface area contributed by atoms with Crippen molar-refractivity contribution in [3.63, 3.8) is 0 Å². The first kappa shape index (κ1) is 9.40. The van der Waals surface area contributed by atoms with Gasteiger partial charge in [-0.25, -0.2) is 4.98 Å². The molecule has 0 aliphatic heterocycles. The molecule has 2 aliphatic rings. The van der Waals surface area contributed by atoms with Crippen LogP contribution in [-0.2, 0) is 5.54 Å². The van der Waals surface area contributed by atoms with Gasteiger partial charge in [0.15, 0.2) is 0 Å². The largest absolute Gasteiger partial charge is 0.447 e. The van der Waals surface area contributed by atoms with Crippen LogP contribution in [0.4, 0.5) is 0 Å². The Labute approximate surface area is 90.1 Å². The second kappa shape index (κ2) is 3.34. The second-order valence-electron chi connectivity index (χ2n) is 5.07. The van der Waals surface area contributed by atoms with Crippen molar-refractivity contribution in [1.29, 1.82) is 0 Å². The van der Waals surface area contributed by atoms with E-state index in [9.17, 15) is 0 Å². The third-order valence-corrected chi connectivity index (χ3v) is 3.97. The summed E-state index contributed by atoms with van der Waals surface area (Å²) in [7, 11) is 0. The van der Waals surface area contributed by atoms with E-state index < -0.39 is 0 Å². The predicted molar refractivity (Wildman–Crippen MR) is 57.4 cm³/mol. The summed E-state index contributed by atoms with van der Waals surface area (Å²) in [6.45, 7) is 0. The molecular weight excluding hydrogens is 188 g/mol. The third kappa shape index (κ3) is 1.49. The molecule has 3 nitrogen and oxygen atoms in total. The fourth-order valence-electron chi connectivity index (χ4n) is 2.70. The molecule has 2 N–H and O–H groups in total.